The van der Waals surface area contributed by atoms with Crippen molar-refractivity contribution in [2.75, 3.05) is 31.2 Å². The lowest BCUT2D eigenvalue weighted by molar-refractivity contribution is -0.161. The fourth-order valence-electron chi connectivity index (χ4n) is 6.67. The lowest BCUT2D eigenvalue weighted by Gasteiger charge is -2.37. The van der Waals surface area contributed by atoms with Gasteiger partial charge in [0.2, 0.25) is 5.91 Å². The Balaban J connectivity index is 1.80. The smallest absolute Gasteiger partial charge is 0.312 e. The molecule has 9 heteroatoms. The number of unbranched alkanes of at least 4 members (excludes halogenated alkanes) is 2. The third-order valence-electron chi connectivity index (χ3n) is 8.37. The molecule has 3 aliphatic heterocycles. The number of carbonyl (C=O) groups is 3. The Labute approximate surface area is 223 Å². The minimum Gasteiger partial charge on any atom is -0.466 e. The van der Waals surface area contributed by atoms with Crippen molar-refractivity contribution in [1.82, 2.24) is 4.90 Å². The molecular formula is C28H37ClN2O6. The van der Waals surface area contributed by atoms with E-state index in [-0.39, 0.29) is 37.5 Å². The molecule has 0 aromatic heterocycles. The van der Waals surface area contributed by atoms with Gasteiger partial charge in [0.05, 0.1) is 28.8 Å². The SMILES string of the molecule is C=CCN(C(=O)C1N(CCCCCO)C(=O)[C@@H]2[C@@H](C(=O)OCC)[C@]3(C)OC12CC3C)c1ccccc1Cl. The van der Waals surface area contributed by atoms with E-state index in [0.29, 0.717) is 42.9 Å². The van der Waals surface area contributed by atoms with Gasteiger partial charge in [0.25, 0.3) is 5.91 Å². The summed E-state index contributed by atoms with van der Waals surface area (Å²) in [5.41, 5.74) is -1.55. The molecule has 202 valence electrons. The Morgan fingerprint density at radius 2 is 2.05 bits per heavy atom. The van der Waals surface area contributed by atoms with E-state index in [4.69, 9.17) is 21.1 Å². The number of anilines is 1. The number of amides is 2. The fraction of sp³-hybridized carbons (Fsp3) is 0.607. The first-order valence-electron chi connectivity index (χ1n) is 13.1. The maximum Gasteiger partial charge on any atom is 0.312 e. The van der Waals surface area contributed by atoms with Crippen molar-refractivity contribution in [3.05, 3.63) is 41.9 Å². The molecule has 3 fully saturated rings. The van der Waals surface area contributed by atoms with Gasteiger partial charge in [0, 0.05) is 19.7 Å². The second-order valence-corrected chi connectivity index (χ2v) is 10.9. The van der Waals surface area contributed by atoms with E-state index in [1.54, 1.807) is 47.1 Å². The van der Waals surface area contributed by atoms with Crippen LogP contribution in [0.2, 0.25) is 5.02 Å². The number of para-hydroxylation sites is 1. The lowest BCUT2D eigenvalue weighted by Crippen LogP contribution is -2.57. The van der Waals surface area contributed by atoms with Crippen LogP contribution in [0, 0.1) is 17.8 Å². The largest absolute Gasteiger partial charge is 0.466 e. The standard InChI is InChI=1S/C28H37ClN2O6/c1-5-14-30(20-13-9-8-12-19(20)29)25(34)23-28-17-18(3)27(4,37-28)22(26(35)36-6-2)21(28)24(33)31(23)15-10-7-11-16-32/h5,8-9,12-13,18,21-23,32H,1,6-7,10-11,14-17H2,2-4H3/t18?,21-,22-,23?,27+,28?/m0/s1. The van der Waals surface area contributed by atoms with Crippen LogP contribution < -0.4 is 4.90 Å². The average molecular weight is 533 g/mol. The summed E-state index contributed by atoms with van der Waals surface area (Å²) < 4.78 is 12.1. The molecule has 0 saturated carbocycles. The van der Waals surface area contributed by atoms with E-state index < -0.39 is 35.0 Å². The maximum absolute atomic E-state index is 14.5. The number of benzene rings is 1. The van der Waals surface area contributed by atoms with Crippen molar-refractivity contribution in [1.29, 1.82) is 0 Å². The Kier molecular flexibility index (Phi) is 8.02. The highest BCUT2D eigenvalue weighted by Crippen LogP contribution is 2.65. The molecule has 8 nitrogen and oxygen atoms in total. The van der Waals surface area contributed by atoms with Gasteiger partial charge in [0.1, 0.15) is 17.6 Å². The predicted molar refractivity (Wildman–Crippen MR) is 140 cm³/mol. The minimum absolute atomic E-state index is 0.0619. The molecule has 1 aromatic rings. The van der Waals surface area contributed by atoms with Crippen molar-refractivity contribution >= 4 is 35.1 Å². The third kappa shape index (κ3) is 4.37. The van der Waals surface area contributed by atoms with Crippen LogP contribution in [0.3, 0.4) is 0 Å². The van der Waals surface area contributed by atoms with Crippen molar-refractivity contribution in [2.45, 2.75) is 63.7 Å². The van der Waals surface area contributed by atoms with Crippen LogP contribution in [0.25, 0.3) is 0 Å². The second-order valence-electron chi connectivity index (χ2n) is 10.5. The number of aliphatic hydroxyl groups is 1. The second kappa shape index (κ2) is 10.8. The Morgan fingerprint density at radius 3 is 2.70 bits per heavy atom. The highest BCUT2D eigenvalue weighted by atomic mass is 35.5. The zero-order valence-electron chi connectivity index (χ0n) is 21.8. The predicted octanol–water partition coefficient (Wildman–Crippen LogP) is 3.60. The van der Waals surface area contributed by atoms with E-state index in [0.717, 1.165) is 0 Å². The third-order valence-corrected chi connectivity index (χ3v) is 8.69. The molecule has 0 radical (unpaired) electrons. The van der Waals surface area contributed by atoms with Crippen LogP contribution in [-0.2, 0) is 23.9 Å². The summed E-state index contributed by atoms with van der Waals surface area (Å²) >= 11 is 6.50. The van der Waals surface area contributed by atoms with Gasteiger partial charge in [-0.1, -0.05) is 36.7 Å². The van der Waals surface area contributed by atoms with Crippen LogP contribution in [0.15, 0.2) is 36.9 Å². The van der Waals surface area contributed by atoms with Gasteiger partial charge in [-0.3, -0.25) is 14.4 Å². The number of carbonyl (C=O) groups excluding carboxylic acids is 3. The molecule has 1 aromatic carbocycles. The summed E-state index contributed by atoms with van der Waals surface area (Å²) in [7, 11) is 0. The number of hydrogen-bond acceptors (Lipinski definition) is 6. The van der Waals surface area contributed by atoms with Gasteiger partial charge < -0.3 is 24.4 Å². The van der Waals surface area contributed by atoms with Crippen LogP contribution in [0.4, 0.5) is 5.69 Å². The van der Waals surface area contributed by atoms with Gasteiger partial charge in [-0.2, -0.15) is 0 Å². The molecule has 2 bridgehead atoms. The molecule has 1 N–H and O–H groups in total. The first kappa shape index (κ1) is 27.6. The summed E-state index contributed by atoms with van der Waals surface area (Å²) in [4.78, 5) is 44.9. The number of halogens is 1. The van der Waals surface area contributed by atoms with E-state index in [1.165, 1.54) is 0 Å². The topological polar surface area (TPSA) is 96.4 Å². The Bertz CT molecular complexity index is 1060. The molecule has 2 amide bonds. The number of ether oxygens (including phenoxy) is 2. The van der Waals surface area contributed by atoms with Crippen molar-refractivity contribution in [2.24, 2.45) is 17.8 Å². The number of rotatable bonds is 11. The normalized spacial score (nSPS) is 31.9. The molecule has 37 heavy (non-hydrogen) atoms. The Hall–Kier alpha value is -2.42. The van der Waals surface area contributed by atoms with E-state index in [9.17, 15) is 19.5 Å². The molecule has 1 spiro atoms. The van der Waals surface area contributed by atoms with Gasteiger partial charge >= 0.3 is 5.97 Å². The number of nitrogens with zero attached hydrogens (tertiary/aromatic N) is 2. The number of aliphatic hydroxyl groups excluding tert-OH is 1. The number of esters is 1. The van der Waals surface area contributed by atoms with Gasteiger partial charge in [-0.05, 0) is 57.6 Å². The molecule has 3 unspecified atom stereocenters. The van der Waals surface area contributed by atoms with E-state index in [2.05, 4.69) is 6.58 Å². The monoisotopic (exact) mass is 532 g/mol. The van der Waals surface area contributed by atoms with Gasteiger partial charge in [0.15, 0.2) is 0 Å². The molecule has 3 heterocycles. The molecule has 3 saturated heterocycles. The van der Waals surface area contributed by atoms with Gasteiger partial charge in [-0.25, -0.2) is 0 Å². The first-order chi connectivity index (χ1) is 17.7. The average Bonchev–Trinajstić information content (AvgIpc) is 3.37. The number of likely N-dealkylation sites (tertiary alicyclic amines) is 1. The summed E-state index contributed by atoms with van der Waals surface area (Å²) in [6.07, 6.45) is 4.02. The first-order valence-corrected chi connectivity index (χ1v) is 13.5. The molecule has 4 rings (SSSR count). The lowest BCUT2D eigenvalue weighted by atomic mass is 9.62. The van der Waals surface area contributed by atoms with Crippen molar-refractivity contribution < 1.29 is 29.0 Å². The highest BCUT2D eigenvalue weighted by molar-refractivity contribution is 6.34. The van der Waals surface area contributed by atoms with Crippen LogP contribution in [0.1, 0.15) is 46.5 Å². The summed E-state index contributed by atoms with van der Waals surface area (Å²) in [5, 5.41) is 9.63. The summed E-state index contributed by atoms with van der Waals surface area (Å²) in [6, 6.07) is 6.14. The minimum atomic E-state index is -1.16. The molecule has 0 aliphatic carbocycles. The molecular weight excluding hydrogens is 496 g/mol. The van der Waals surface area contributed by atoms with Crippen LogP contribution in [-0.4, -0.2) is 71.3 Å². The Morgan fingerprint density at radius 1 is 1.32 bits per heavy atom. The van der Waals surface area contributed by atoms with E-state index >= 15 is 0 Å². The van der Waals surface area contributed by atoms with Crippen molar-refractivity contribution in [3.8, 4) is 0 Å². The van der Waals surface area contributed by atoms with Crippen LogP contribution >= 0.6 is 11.6 Å². The van der Waals surface area contributed by atoms with E-state index in [1.807, 2.05) is 13.8 Å². The fourth-order valence-corrected chi connectivity index (χ4v) is 6.91. The summed E-state index contributed by atoms with van der Waals surface area (Å²) in [5.74, 6) is -2.70. The van der Waals surface area contributed by atoms with Gasteiger partial charge in [-0.15, -0.1) is 6.58 Å². The zero-order chi connectivity index (χ0) is 27.0. The van der Waals surface area contributed by atoms with Crippen LogP contribution in [0.5, 0.6) is 0 Å². The number of fused-ring (bicyclic) bond motifs is 1. The highest BCUT2D eigenvalue weighted by Gasteiger charge is 2.80. The molecule has 3 aliphatic rings. The zero-order valence-corrected chi connectivity index (χ0v) is 22.6. The quantitative estimate of drug-likeness (QED) is 0.266. The summed E-state index contributed by atoms with van der Waals surface area (Å²) in [6.45, 7) is 10.2. The molecule has 6 atom stereocenters. The maximum atomic E-state index is 14.5. The number of hydrogen-bond donors (Lipinski definition) is 1. The van der Waals surface area contributed by atoms with Crippen molar-refractivity contribution in [3.63, 3.8) is 0 Å².